The van der Waals surface area contributed by atoms with E-state index in [1.807, 2.05) is 6.92 Å². The number of benzene rings is 1. The molecule has 2 aromatic rings. The first-order valence-electron chi connectivity index (χ1n) is 6.31. The van der Waals surface area contributed by atoms with E-state index in [4.69, 9.17) is 0 Å². The highest BCUT2D eigenvalue weighted by Crippen LogP contribution is 2.22. The van der Waals surface area contributed by atoms with Crippen molar-refractivity contribution in [2.75, 3.05) is 13.6 Å². The molecule has 1 unspecified atom stereocenters. The molecule has 0 aliphatic carbocycles. The van der Waals surface area contributed by atoms with Crippen LogP contribution >= 0.6 is 27.3 Å². The maximum Gasteiger partial charge on any atom is 0.134 e. The van der Waals surface area contributed by atoms with Crippen LogP contribution in [0.4, 0.5) is 0 Å². The zero-order valence-electron chi connectivity index (χ0n) is 11.4. The number of nitrogens with zero attached hydrogens (tertiary/aromatic N) is 3. The molecule has 0 radical (unpaired) electrons. The fourth-order valence-electron chi connectivity index (χ4n) is 1.82. The van der Waals surface area contributed by atoms with Crippen molar-refractivity contribution >= 4 is 27.3 Å². The Balaban J connectivity index is 1.90. The van der Waals surface area contributed by atoms with E-state index in [1.165, 1.54) is 5.56 Å². The Kier molecular flexibility index (Phi) is 5.07. The molecule has 0 bridgehead atoms. The van der Waals surface area contributed by atoms with E-state index in [-0.39, 0.29) is 0 Å². The summed E-state index contributed by atoms with van der Waals surface area (Å²) >= 11 is 5.14. The van der Waals surface area contributed by atoms with Gasteiger partial charge in [-0.05, 0) is 45.0 Å². The van der Waals surface area contributed by atoms with Crippen molar-refractivity contribution in [1.29, 1.82) is 0 Å². The van der Waals surface area contributed by atoms with Crippen molar-refractivity contribution in [3.05, 3.63) is 44.3 Å². The first-order valence-corrected chi connectivity index (χ1v) is 7.92. The molecule has 0 fully saturated rings. The van der Waals surface area contributed by atoms with Crippen LogP contribution in [0.3, 0.4) is 0 Å². The van der Waals surface area contributed by atoms with Crippen molar-refractivity contribution in [3.8, 4) is 0 Å². The van der Waals surface area contributed by atoms with Crippen LogP contribution in [0.15, 0.2) is 28.7 Å². The van der Waals surface area contributed by atoms with Gasteiger partial charge in [0.05, 0.1) is 6.04 Å². The molecule has 0 amide bonds. The molecule has 102 valence electrons. The summed E-state index contributed by atoms with van der Waals surface area (Å²) in [6, 6.07) is 8.83. The third kappa shape index (κ3) is 4.09. The number of halogens is 1. The number of hydrogen-bond donors (Lipinski definition) is 0. The summed E-state index contributed by atoms with van der Waals surface area (Å²) < 4.78 is 1.13. The summed E-state index contributed by atoms with van der Waals surface area (Å²) in [4.78, 5) is 2.32. The fourth-order valence-corrected chi connectivity index (χ4v) is 2.90. The van der Waals surface area contributed by atoms with Crippen molar-refractivity contribution < 1.29 is 0 Å². The summed E-state index contributed by atoms with van der Waals surface area (Å²) in [5.41, 5.74) is 1.36. The Morgan fingerprint density at radius 3 is 2.53 bits per heavy atom. The third-order valence-corrected chi connectivity index (χ3v) is 4.76. The third-order valence-electron chi connectivity index (χ3n) is 3.23. The molecular formula is C14H18BrN3S. The normalized spacial score (nSPS) is 12.9. The molecule has 5 heteroatoms. The van der Waals surface area contributed by atoms with Gasteiger partial charge in [-0.25, -0.2) is 0 Å². The molecule has 2 rings (SSSR count). The second-order valence-corrected chi connectivity index (χ2v) is 6.82. The molecular weight excluding hydrogens is 322 g/mol. The maximum atomic E-state index is 4.22. The summed E-state index contributed by atoms with van der Waals surface area (Å²) in [6.45, 7) is 5.19. The number of aromatic nitrogens is 2. The number of aryl methyl sites for hydroxylation is 1. The average Bonchev–Trinajstić information content (AvgIpc) is 2.83. The smallest absolute Gasteiger partial charge is 0.134 e. The predicted molar refractivity (Wildman–Crippen MR) is 83.5 cm³/mol. The van der Waals surface area contributed by atoms with Gasteiger partial charge in [-0.2, -0.15) is 0 Å². The Bertz CT molecular complexity index is 524. The van der Waals surface area contributed by atoms with Crippen LogP contribution in [-0.4, -0.2) is 28.7 Å². The van der Waals surface area contributed by atoms with Crippen LogP contribution in [0, 0.1) is 6.92 Å². The number of rotatable bonds is 5. The van der Waals surface area contributed by atoms with Crippen LogP contribution < -0.4 is 0 Å². The monoisotopic (exact) mass is 339 g/mol. The standard InChI is InChI=1S/C14H18BrN3S/c1-10(14-17-16-11(2)19-14)18(3)9-8-12-4-6-13(15)7-5-12/h4-7,10H,8-9H2,1-3H3. The van der Waals surface area contributed by atoms with Crippen molar-refractivity contribution in [1.82, 2.24) is 15.1 Å². The van der Waals surface area contributed by atoms with Gasteiger partial charge in [-0.15, -0.1) is 21.5 Å². The highest BCUT2D eigenvalue weighted by molar-refractivity contribution is 9.10. The zero-order valence-corrected chi connectivity index (χ0v) is 13.8. The molecule has 0 aliphatic heterocycles. The van der Waals surface area contributed by atoms with Gasteiger partial charge in [0.15, 0.2) is 0 Å². The van der Waals surface area contributed by atoms with Gasteiger partial charge in [0.2, 0.25) is 0 Å². The summed E-state index contributed by atoms with van der Waals surface area (Å²) in [6.07, 6.45) is 1.05. The Morgan fingerprint density at radius 1 is 1.26 bits per heavy atom. The summed E-state index contributed by atoms with van der Waals surface area (Å²) in [7, 11) is 2.14. The molecule has 1 aromatic carbocycles. The number of likely N-dealkylation sites (N-methyl/N-ethyl adjacent to an activating group) is 1. The first kappa shape index (κ1) is 14.6. The summed E-state index contributed by atoms with van der Waals surface area (Å²) in [5, 5.41) is 10.4. The SMILES string of the molecule is Cc1nnc(C(C)N(C)CCc2ccc(Br)cc2)s1. The minimum absolute atomic E-state index is 0.321. The van der Waals surface area contributed by atoms with Gasteiger partial charge in [0, 0.05) is 11.0 Å². The summed E-state index contributed by atoms with van der Waals surface area (Å²) in [5.74, 6) is 0. The molecule has 0 spiro atoms. The van der Waals surface area contributed by atoms with Gasteiger partial charge in [0.1, 0.15) is 10.0 Å². The van der Waals surface area contributed by atoms with E-state index >= 15 is 0 Å². The average molecular weight is 340 g/mol. The second kappa shape index (κ2) is 6.59. The van der Waals surface area contributed by atoms with E-state index in [0.717, 1.165) is 27.5 Å². The van der Waals surface area contributed by atoms with Crippen LogP contribution in [0.1, 0.15) is 28.5 Å². The fraction of sp³-hybridized carbons (Fsp3) is 0.429. The molecule has 0 saturated heterocycles. The van der Waals surface area contributed by atoms with Crippen LogP contribution in [0.25, 0.3) is 0 Å². The topological polar surface area (TPSA) is 29.0 Å². The quantitative estimate of drug-likeness (QED) is 0.828. The second-order valence-electron chi connectivity index (χ2n) is 4.69. The molecule has 1 atom stereocenters. The first-order chi connectivity index (χ1) is 9.06. The zero-order chi connectivity index (χ0) is 13.8. The van der Waals surface area contributed by atoms with Crippen molar-refractivity contribution in [2.24, 2.45) is 0 Å². The minimum Gasteiger partial charge on any atom is -0.297 e. The molecule has 19 heavy (non-hydrogen) atoms. The Hall–Kier alpha value is -0.780. The van der Waals surface area contributed by atoms with Crippen LogP contribution in [0.5, 0.6) is 0 Å². The number of hydrogen-bond acceptors (Lipinski definition) is 4. The van der Waals surface area contributed by atoms with Crippen LogP contribution in [-0.2, 0) is 6.42 Å². The van der Waals surface area contributed by atoms with E-state index < -0.39 is 0 Å². The Labute approximate surface area is 126 Å². The van der Waals surface area contributed by atoms with Crippen molar-refractivity contribution in [3.63, 3.8) is 0 Å². The van der Waals surface area contributed by atoms with E-state index in [0.29, 0.717) is 6.04 Å². The van der Waals surface area contributed by atoms with E-state index in [9.17, 15) is 0 Å². The largest absolute Gasteiger partial charge is 0.297 e. The molecule has 0 saturated carbocycles. The lowest BCUT2D eigenvalue weighted by molar-refractivity contribution is 0.263. The highest BCUT2D eigenvalue weighted by Gasteiger charge is 2.15. The van der Waals surface area contributed by atoms with Gasteiger partial charge < -0.3 is 0 Å². The predicted octanol–water partition coefficient (Wildman–Crippen LogP) is 3.84. The molecule has 3 nitrogen and oxygen atoms in total. The van der Waals surface area contributed by atoms with Gasteiger partial charge in [-0.1, -0.05) is 28.1 Å². The van der Waals surface area contributed by atoms with E-state index in [1.54, 1.807) is 11.3 Å². The van der Waals surface area contributed by atoms with Gasteiger partial charge >= 0.3 is 0 Å². The molecule has 0 N–H and O–H groups in total. The molecule has 0 aliphatic rings. The highest BCUT2D eigenvalue weighted by atomic mass is 79.9. The lowest BCUT2D eigenvalue weighted by atomic mass is 10.1. The lowest BCUT2D eigenvalue weighted by Gasteiger charge is -2.22. The maximum absolute atomic E-state index is 4.22. The van der Waals surface area contributed by atoms with Crippen molar-refractivity contribution in [2.45, 2.75) is 26.3 Å². The van der Waals surface area contributed by atoms with Gasteiger partial charge in [0.25, 0.3) is 0 Å². The Morgan fingerprint density at radius 2 is 1.95 bits per heavy atom. The van der Waals surface area contributed by atoms with E-state index in [2.05, 4.69) is 69.3 Å². The minimum atomic E-state index is 0.321. The lowest BCUT2D eigenvalue weighted by Crippen LogP contribution is -2.24. The molecule has 1 heterocycles. The molecule has 1 aromatic heterocycles. The van der Waals surface area contributed by atoms with Crippen LogP contribution in [0.2, 0.25) is 0 Å². The van der Waals surface area contributed by atoms with Gasteiger partial charge in [-0.3, -0.25) is 4.90 Å².